The van der Waals surface area contributed by atoms with Crippen molar-refractivity contribution in [3.05, 3.63) is 33.8 Å². The van der Waals surface area contributed by atoms with Crippen molar-refractivity contribution in [2.45, 2.75) is 19.0 Å². The molecule has 8 heteroatoms. The molecule has 0 atom stereocenters. The Balaban J connectivity index is 3.60. The highest BCUT2D eigenvalue weighted by atomic mass is 35.5. The number of aliphatic hydroxyl groups is 1. The molecule has 0 aliphatic heterocycles. The molecule has 0 saturated carbocycles. The Kier molecular flexibility index (Phi) is 3.63. The van der Waals surface area contributed by atoms with Crippen LogP contribution in [-0.4, -0.2) is 5.11 Å². The smallest absolute Gasteiger partial charge is 0.392 e. The summed E-state index contributed by atoms with van der Waals surface area (Å²) in [7, 11) is 0. The van der Waals surface area contributed by atoms with Crippen LogP contribution in [0.5, 0.6) is 0 Å². The lowest BCUT2D eigenvalue weighted by Gasteiger charge is -2.18. The summed E-state index contributed by atoms with van der Waals surface area (Å²) in [5.41, 5.74) is -4.47. The van der Waals surface area contributed by atoms with Crippen molar-refractivity contribution < 1.29 is 31.4 Å². The Morgan fingerprint density at radius 1 is 1.00 bits per heavy atom. The maximum Gasteiger partial charge on any atom is 0.418 e. The molecule has 0 unspecified atom stereocenters. The third-order valence-corrected chi connectivity index (χ3v) is 2.32. The first kappa shape index (κ1) is 14.1. The van der Waals surface area contributed by atoms with Crippen LogP contribution in [-0.2, 0) is 19.0 Å². The minimum absolute atomic E-state index is 0.406. The van der Waals surface area contributed by atoms with Gasteiger partial charge in [0, 0.05) is 5.56 Å². The first-order valence-electron chi connectivity index (χ1n) is 4.15. The molecule has 96 valence electrons. The molecule has 0 spiro atoms. The van der Waals surface area contributed by atoms with Crippen molar-refractivity contribution in [2.24, 2.45) is 0 Å². The van der Waals surface area contributed by atoms with Crippen LogP contribution in [0.3, 0.4) is 0 Å². The molecule has 1 N–H and O–H groups in total. The lowest BCUT2D eigenvalue weighted by Crippen LogP contribution is -2.17. The second-order valence-corrected chi connectivity index (χ2v) is 3.51. The lowest BCUT2D eigenvalue weighted by molar-refractivity contribution is -0.145. The summed E-state index contributed by atoms with van der Waals surface area (Å²) in [6.45, 7) is -1.40. The predicted molar refractivity (Wildman–Crippen MR) is 47.4 cm³/mol. The topological polar surface area (TPSA) is 20.2 Å². The Morgan fingerprint density at radius 2 is 1.53 bits per heavy atom. The normalized spacial score (nSPS) is 12.9. The van der Waals surface area contributed by atoms with Crippen molar-refractivity contribution in [1.82, 2.24) is 0 Å². The molecule has 17 heavy (non-hydrogen) atoms. The van der Waals surface area contributed by atoms with E-state index < -0.39 is 40.7 Å². The van der Waals surface area contributed by atoms with Gasteiger partial charge in [-0.25, -0.2) is 0 Å². The summed E-state index contributed by atoms with van der Waals surface area (Å²) in [5.74, 6) is 0. The van der Waals surface area contributed by atoms with Crippen LogP contribution in [0.15, 0.2) is 12.1 Å². The van der Waals surface area contributed by atoms with Gasteiger partial charge in [-0.1, -0.05) is 11.6 Å². The van der Waals surface area contributed by atoms with Crippen molar-refractivity contribution in [2.75, 3.05) is 0 Å². The minimum atomic E-state index is -5.06. The molecule has 0 amide bonds. The van der Waals surface area contributed by atoms with Gasteiger partial charge >= 0.3 is 12.4 Å². The zero-order chi connectivity index (χ0) is 13.4. The van der Waals surface area contributed by atoms with Gasteiger partial charge in [-0.2, -0.15) is 26.3 Å². The number of hydrogen-bond donors (Lipinski definition) is 1. The van der Waals surface area contributed by atoms with Gasteiger partial charge in [0.05, 0.1) is 22.8 Å². The van der Waals surface area contributed by atoms with Crippen molar-refractivity contribution in [1.29, 1.82) is 0 Å². The fourth-order valence-electron chi connectivity index (χ4n) is 1.36. The van der Waals surface area contributed by atoms with Crippen LogP contribution in [0.25, 0.3) is 0 Å². The van der Waals surface area contributed by atoms with Crippen molar-refractivity contribution in [3.63, 3.8) is 0 Å². The Morgan fingerprint density at radius 3 is 1.88 bits per heavy atom. The number of aliphatic hydroxyl groups excluding tert-OH is 1. The molecule has 0 aliphatic rings. The van der Waals surface area contributed by atoms with Crippen LogP contribution in [0.2, 0.25) is 5.02 Å². The predicted octanol–water partition coefficient (Wildman–Crippen LogP) is 3.87. The maximum absolute atomic E-state index is 12.5. The second-order valence-electron chi connectivity index (χ2n) is 3.10. The van der Waals surface area contributed by atoms with Gasteiger partial charge in [-0.3, -0.25) is 0 Å². The van der Waals surface area contributed by atoms with E-state index in [-0.39, 0.29) is 0 Å². The highest BCUT2D eigenvalue weighted by molar-refractivity contribution is 6.31. The quantitative estimate of drug-likeness (QED) is 0.773. The molecular weight excluding hydrogens is 274 g/mol. The van der Waals surface area contributed by atoms with Gasteiger partial charge in [0.2, 0.25) is 0 Å². The van der Waals surface area contributed by atoms with E-state index in [1.165, 1.54) is 0 Å². The van der Waals surface area contributed by atoms with Crippen LogP contribution in [0.1, 0.15) is 16.7 Å². The molecule has 0 bridgehead atoms. The maximum atomic E-state index is 12.5. The monoisotopic (exact) mass is 278 g/mol. The number of rotatable bonds is 1. The largest absolute Gasteiger partial charge is 0.418 e. The molecule has 1 aromatic rings. The Hall–Kier alpha value is -0.950. The molecule has 1 rings (SSSR count). The molecule has 1 nitrogen and oxygen atoms in total. The molecular formula is C9H5ClF6O. The van der Waals surface area contributed by atoms with Gasteiger partial charge in [0.25, 0.3) is 0 Å². The standard InChI is InChI=1S/C9H5ClF6O/c10-6-2-1-5(8(11,12)13)4(3-17)7(6)9(14,15)16/h1-2,17H,3H2. The molecule has 0 radical (unpaired) electrons. The molecule has 0 saturated heterocycles. The summed E-state index contributed by atoms with van der Waals surface area (Å²) in [4.78, 5) is 0. The van der Waals surface area contributed by atoms with E-state index in [1.54, 1.807) is 0 Å². The van der Waals surface area contributed by atoms with Crippen LogP contribution < -0.4 is 0 Å². The van der Waals surface area contributed by atoms with Crippen LogP contribution >= 0.6 is 11.6 Å². The molecule has 0 aromatic heterocycles. The van der Waals surface area contributed by atoms with E-state index in [9.17, 15) is 26.3 Å². The van der Waals surface area contributed by atoms with E-state index in [1.807, 2.05) is 0 Å². The first-order chi connectivity index (χ1) is 7.59. The van der Waals surface area contributed by atoms with Crippen molar-refractivity contribution >= 4 is 11.6 Å². The van der Waals surface area contributed by atoms with Crippen LogP contribution in [0, 0.1) is 0 Å². The van der Waals surface area contributed by atoms with E-state index >= 15 is 0 Å². The van der Waals surface area contributed by atoms with E-state index in [2.05, 4.69) is 0 Å². The molecule has 0 heterocycles. The van der Waals surface area contributed by atoms with Crippen LogP contribution in [0.4, 0.5) is 26.3 Å². The second kappa shape index (κ2) is 4.38. The minimum Gasteiger partial charge on any atom is -0.392 e. The number of alkyl halides is 6. The summed E-state index contributed by atoms with van der Waals surface area (Å²) >= 11 is 5.22. The average Bonchev–Trinajstić information content (AvgIpc) is 2.12. The van der Waals surface area contributed by atoms with E-state index in [0.29, 0.717) is 12.1 Å². The van der Waals surface area contributed by atoms with Gasteiger partial charge in [-0.05, 0) is 12.1 Å². The van der Waals surface area contributed by atoms with E-state index in [0.717, 1.165) is 0 Å². The number of hydrogen-bond acceptors (Lipinski definition) is 1. The highest BCUT2D eigenvalue weighted by Crippen LogP contribution is 2.42. The zero-order valence-electron chi connectivity index (χ0n) is 7.95. The molecule has 1 aromatic carbocycles. The molecule has 0 fully saturated rings. The summed E-state index contributed by atoms with van der Waals surface area (Å²) < 4.78 is 74.7. The lowest BCUT2D eigenvalue weighted by atomic mass is 10.0. The Bertz CT molecular complexity index is 423. The number of halogens is 7. The summed E-state index contributed by atoms with van der Waals surface area (Å²) in [6, 6.07) is 0.912. The SMILES string of the molecule is OCc1c(C(F)(F)F)ccc(Cl)c1C(F)(F)F. The molecule has 0 aliphatic carbocycles. The summed E-state index contributed by atoms with van der Waals surface area (Å²) in [6.07, 6.45) is -10.0. The average molecular weight is 279 g/mol. The zero-order valence-corrected chi connectivity index (χ0v) is 8.71. The van der Waals surface area contributed by atoms with Gasteiger partial charge in [0.1, 0.15) is 0 Å². The third kappa shape index (κ3) is 2.84. The van der Waals surface area contributed by atoms with Gasteiger partial charge in [0.15, 0.2) is 0 Å². The Labute approximate surface area is 96.6 Å². The number of benzene rings is 1. The first-order valence-corrected chi connectivity index (χ1v) is 4.53. The third-order valence-electron chi connectivity index (χ3n) is 2.01. The van der Waals surface area contributed by atoms with E-state index in [4.69, 9.17) is 16.7 Å². The summed E-state index contributed by atoms with van der Waals surface area (Å²) in [5, 5.41) is 7.81. The fraction of sp³-hybridized carbons (Fsp3) is 0.333. The van der Waals surface area contributed by atoms with Gasteiger partial charge < -0.3 is 5.11 Å². The fourth-order valence-corrected chi connectivity index (χ4v) is 1.64. The highest BCUT2D eigenvalue weighted by Gasteiger charge is 2.42. The van der Waals surface area contributed by atoms with Gasteiger partial charge in [-0.15, -0.1) is 0 Å². The van der Waals surface area contributed by atoms with Crippen molar-refractivity contribution in [3.8, 4) is 0 Å².